The Balaban J connectivity index is 1.69. The van der Waals surface area contributed by atoms with Crippen LogP contribution in [0.3, 0.4) is 0 Å². The molecule has 0 bridgehead atoms. The largest absolute Gasteiger partial charge is 0.372 e. The van der Waals surface area contributed by atoms with Crippen molar-refractivity contribution >= 4 is 23.1 Å². The third kappa shape index (κ3) is 3.96. The van der Waals surface area contributed by atoms with Crippen LogP contribution in [0.2, 0.25) is 0 Å². The van der Waals surface area contributed by atoms with Gasteiger partial charge >= 0.3 is 0 Å². The molecule has 3 rings (SSSR count). The molecule has 1 fully saturated rings. The summed E-state index contributed by atoms with van der Waals surface area (Å²) in [4.78, 5) is 13.7. The van der Waals surface area contributed by atoms with Gasteiger partial charge in [-0.15, -0.1) is 0 Å². The van der Waals surface area contributed by atoms with E-state index in [2.05, 4.69) is 63.2 Å². The van der Waals surface area contributed by atoms with Crippen LogP contribution < -0.4 is 15.1 Å². The molecule has 1 N–H and O–H groups in total. The van der Waals surface area contributed by atoms with E-state index in [1.807, 2.05) is 12.3 Å². The molecule has 0 spiro atoms. The Bertz CT molecular complexity index is 630. The lowest BCUT2D eigenvalue weighted by Gasteiger charge is -2.26. The van der Waals surface area contributed by atoms with Gasteiger partial charge in [0.1, 0.15) is 5.82 Å². The normalized spacial score (nSPS) is 14.5. The molecule has 128 valence electrons. The van der Waals surface area contributed by atoms with Crippen LogP contribution in [0.5, 0.6) is 0 Å². The molecule has 1 aliphatic heterocycles. The van der Waals surface area contributed by atoms with Crippen LogP contribution in [0.15, 0.2) is 36.5 Å². The van der Waals surface area contributed by atoms with Crippen LogP contribution in [0.25, 0.3) is 0 Å². The maximum Gasteiger partial charge on any atom is 0.227 e. The van der Waals surface area contributed by atoms with E-state index in [1.54, 1.807) is 0 Å². The van der Waals surface area contributed by atoms with Gasteiger partial charge in [-0.25, -0.2) is 4.98 Å². The fourth-order valence-electron chi connectivity index (χ4n) is 3.16. The van der Waals surface area contributed by atoms with Crippen molar-refractivity contribution in [3.63, 3.8) is 0 Å². The second kappa shape index (κ2) is 7.99. The van der Waals surface area contributed by atoms with Gasteiger partial charge in [-0.2, -0.15) is 4.98 Å². The summed E-state index contributed by atoms with van der Waals surface area (Å²) >= 11 is 0. The number of anilines is 4. The van der Waals surface area contributed by atoms with E-state index in [4.69, 9.17) is 0 Å². The number of hydrogen-bond acceptors (Lipinski definition) is 5. The van der Waals surface area contributed by atoms with Gasteiger partial charge in [0, 0.05) is 43.8 Å². The molecule has 1 aliphatic rings. The molecule has 0 atom stereocenters. The highest BCUT2D eigenvalue weighted by Gasteiger charge is 2.13. The smallest absolute Gasteiger partial charge is 0.227 e. The Morgan fingerprint density at radius 2 is 1.71 bits per heavy atom. The number of piperidine rings is 1. The number of aromatic nitrogens is 2. The van der Waals surface area contributed by atoms with Crippen molar-refractivity contribution < 1.29 is 0 Å². The molecule has 2 heterocycles. The quantitative estimate of drug-likeness (QED) is 0.868. The third-order valence-electron chi connectivity index (χ3n) is 4.55. The van der Waals surface area contributed by atoms with Gasteiger partial charge in [-0.05, 0) is 63.4 Å². The highest BCUT2D eigenvalue weighted by molar-refractivity contribution is 5.61. The molecular weight excluding hydrogens is 298 g/mol. The Morgan fingerprint density at radius 3 is 2.38 bits per heavy atom. The Kier molecular flexibility index (Phi) is 5.51. The number of rotatable bonds is 6. The standard InChI is InChI=1S/C19H27N5/c1-3-23(4-2)17-10-8-16(9-11-17)21-18-12-13-20-19(22-18)24-14-6-5-7-15-24/h8-13H,3-7,14-15H2,1-2H3,(H,20,21,22). The van der Waals surface area contributed by atoms with Crippen LogP contribution >= 0.6 is 0 Å². The van der Waals surface area contributed by atoms with E-state index in [0.717, 1.165) is 43.6 Å². The average Bonchev–Trinajstić information content (AvgIpc) is 2.65. The highest BCUT2D eigenvalue weighted by atomic mass is 15.3. The van der Waals surface area contributed by atoms with Gasteiger partial charge in [0.2, 0.25) is 5.95 Å². The molecule has 1 aromatic heterocycles. The Morgan fingerprint density at radius 1 is 1.00 bits per heavy atom. The van der Waals surface area contributed by atoms with Crippen molar-refractivity contribution in [1.82, 2.24) is 9.97 Å². The van der Waals surface area contributed by atoms with Gasteiger partial charge in [0.25, 0.3) is 0 Å². The molecule has 0 amide bonds. The first-order chi connectivity index (χ1) is 11.8. The number of nitrogens with one attached hydrogen (secondary N) is 1. The van der Waals surface area contributed by atoms with E-state index in [9.17, 15) is 0 Å². The second-order valence-corrected chi connectivity index (χ2v) is 6.13. The summed E-state index contributed by atoms with van der Waals surface area (Å²) < 4.78 is 0. The molecule has 0 saturated carbocycles. The second-order valence-electron chi connectivity index (χ2n) is 6.13. The zero-order valence-corrected chi connectivity index (χ0v) is 14.7. The molecule has 1 saturated heterocycles. The van der Waals surface area contributed by atoms with Gasteiger partial charge in [0.15, 0.2) is 0 Å². The first kappa shape index (κ1) is 16.6. The van der Waals surface area contributed by atoms with Gasteiger partial charge in [0.05, 0.1) is 0 Å². The highest BCUT2D eigenvalue weighted by Crippen LogP contribution is 2.22. The van der Waals surface area contributed by atoms with Crippen LogP contribution in [0.1, 0.15) is 33.1 Å². The monoisotopic (exact) mass is 325 g/mol. The topological polar surface area (TPSA) is 44.3 Å². The van der Waals surface area contributed by atoms with Crippen molar-refractivity contribution in [1.29, 1.82) is 0 Å². The van der Waals surface area contributed by atoms with E-state index >= 15 is 0 Å². The number of nitrogens with zero attached hydrogens (tertiary/aromatic N) is 4. The van der Waals surface area contributed by atoms with Crippen molar-refractivity contribution in [2.75, 3.05) is 41.3 Å². The predicted molar refractivity (Wildman–Crippen MR) is 101 cm³/mol. The van der Waals surface area contributed by atoms with Crippen molar-refractivity contribution in [2.24, 2.45) is 0 Å². The summed E-state index contributed by atoms with van der Waals surface area (Å²) in [7, 11) is 0. The van der Waals surface area contributed by atoms with Crippen LogP contribution in [0.4, 0.5) is 23.1 Å². The Labute approximate surface area is 144 Å². The molecule has 24 heavy (non-hydrogen) atoms. The van der Waals surface area contributed by atoms with Crippen LogP contribution in [-0.2, 0) is 0 Å². The summed E-state index contributed by atoms with van der Waals surface area (Å²) in [6.07, 6.45) is 5.61. The first-order valence-corrected chi connectivity index (χ1v) is 9.00. The molecule has 0 aliphatic carbocycles. The lowest BCUT2D eigenvalue weighted by molar-refractivity contribution is 0.568. The molecule has 2 aromatic rings. The van der Waals surface area contributed by atoms with Crippen LogP contribution in [-0.4, -0.2) is 36.1 Å². The molecular formula is C19H27N5. The maximum atomic E-state index is 4.67. The van der Waals surface area contributed by atoms with Gasteiger partial charge in [-0.1, -0.05) is 0 Å². The van der Waals surface area contributed by atoms with Crippen molar-refractivity contribution in [2.45, 2.75) is 33.1 Å². The summed E-state index contributed by atoms with van der Waals surface area (Å²) in [5.74, 6) is 1.68. The summed E-state index contributed by atoms with van der Waals surface area (Å²) in [6.45, 7) is 8.52. The zero-order chi connectivity index (χ0) is 16.8. The molecule has 5 heteroatoms. The Hall–Kier alpha value is -2.30. The molecule has 1 aromatic carbocycles. The van der Waals surface area contributed by atoms with E-state index in [-0.39, 0.29) is 0 Å². The summed E-state index contributed by atoms with van der Waals surface area (Å²) in [6, 6.07) is 10.4. The van der Waals surface area contributed by atoms with Crippen LogP contribution in [0, 0.1) is 0 Å². The van der Waals surface area contributed by atoms with Crippen molar-refractivity contribution in [3.8, 4) is 0 Å². The van der Waals surface area contributed by atoms with Gasteiger partial charge < -0.3 is 15.1 Å². The molecule has 5 nitrogen and oxygen atoms in total. The maximum absolute atomic E-state index is 4.67. The van der Waals surface area contributed by atoms with E-state index < -0.39 is 0 Å². The number of benzene rings is 1. The summed E-state index contributed by atoms with van der Waals surface area (Å²) in [5.41, 5.74) is 2.30. The minimum absolute atomic E-state index is 0.833. The third-order valence-corrected chi connectivity index (χ3v) is 4.55. The lowest BCUT2D eigenvalue weighted by atomic mass is 10.1. The number of hydrogen-bond donors (Lipinski definition) is 1. The SMILES string of the molecule is CCN(CC)c1ccc(Nc2ccnc(N3CCCCC3)n2)cc1. The van der Waals surface area contributed by atoms with Gasteiger partial charge in [-0.3, -0.25) is 0 Å². The van der Waals surface area contributed by atoms with Crippen molar-refractivity contribution in [3.05, 3.63) is 36.5 Å². The predicted octanol–water partition coefficient (Wildman–Crippen LogP) is 4.06. The fraction of sp³-hybridized carbons (Fsp3) is 0.474. The molecule has 0 radical (unpaired) electrons. The lowest BCUT2D eigenvalue weighted by Crippen LogP contribution is -2.31. The fourth-order valence-corrected chi connectivity index (χ4v) is 3.16. The average molecular weight is 325 g/mol. The minimum atomic E-state index is 0.833. The van der Waals surface area contributed by atoms with E-state index in [0.29, 0.717) is 0 Å². The first-order valence-electron chi connectivity index (χ1n) is 9.00. The summed E-state index contributed by atoms with van der Waals surface area (Å²) in [5, 5.41) is 3.39. The molecule has 0 unspecified atom stereocenters. The minimum Gasteiger partial charge on any atom is -0.372 e. The zero-order valence-electron chi connectivity index (χ0n) is 14.7. The van der Waals surface area contributed by atoms with E-state index in [1.165, 1.54) is 24.9 Å².